The number of hydrogen-bond acceptors (Lipinski definition) is 4. The fourth-order valence-corrected chi connectivity index (χ4v) is 1.57. The number of carbonyl (C=O) groups is 2. The van der Waals surface area contributed by atoms with E-state index in [0.717, 1.165) is 0 Å². The van der Waals surface area contributed by atoms with Crippen molar-refractivity contribution in [2.24, 2.45) is 0 Å². The van der Waals surface area contributed by atoms with Crippen molar-refractivity contribution >= 4 is 17.5 Å². The zero-order valence-corrected chi connectivity index (χ0v) is 10.7. The molecule has 2 N–H and O–H groups in total. The van der Waals surface area contributed by atoms with E-state index in [-0.39, 0.29) is 24.0 Å². The van der Waals surface area contributed by atoms with Gasteiger partial charge in [0.25, 0.3) is 5.69 Å². The molecule has 0 saturated carbocycles. The molecule has 0 heterocycles. The van der Waals surface area contributed by atoms with Crippen molar-refractivity contribution < 1.29 is 14.5 Å². The lowest BCUT2D eigenvalue weighted by molar-refractivity contribution is -0.384. The van der Waals surface area contributed by atoms with Gasteiger partial charge in [0.05, 0.1) is 11.0 Å². The third-order valence-electron chi connectivity index (χ3n) is 2.44. The first-order chi connectivity index (χ1) is 8.90. The van der Waals surface area contributed by atoms with Crippen molar-refractivity contribution in [2.45, 2.75) is 19.9 Å². The first-order valence-corrected chi connectivity index (χ1v) is 5.66. The lowest BCUT2D eigenvalue weighted by Gasteiger charge is -2.18. The summed E-state index contributed by atoms with van der Waals surface area (Å²) in [7, 11) is 0. The predicted molar refractivity (Wildman–Crippen MR) is 68.3 cm³/mol. The van der Waals surface area contributed by atoms with Crippen molar-refractivity contribution in [3.63, 3.8) is 0 Å². The van der Waals surface area contributed by atoms with Crippen molar-refractivity contribution in [3.05, 3.63) is 39.9 Å². The van der Waals surface area contributed by atoms with E-state index < -0.39 is 11.0 Å². The number of hydrogen-bond donors (Lipinski definition) is 2. The fourth-order valence-electron chi connectivity index (χ4n) is 1.57. The largest absolute Gasteiger partial charge is 0.354 e. The molecule has 0 aromatic heterocycles. The Morgan fingerprint density at radius 2 is 1.79 bits per heavy atom. The van der Waals surface area contributed by atoms with Gasteiger partial charge in [-0.3, -0.25) is 19.7 Å². The van der Waals surface area contributed by atoms with Gasteiger partial charge in [0.1, 0.15) is 0 Å². The van der Waals surface area contributed by atoms with Crippen LogP contribution in [0.3, 0.4) is 0 Å². The highest BCUT2D eigenvalue weighted by Crippen LogP contribution is 2.17. The van der Waals surface area contributed by atoms with Crippen molar-refractivity contribution in [3.8, 4) is 0 Å². The van der Waals surface area contributed by atoms with Gasteiger partial charge < -0.3 is 10.6 Å². The fraction of sp³-hybridized carbons (Fsp3) is 0.333. The first-order valence-electron chi connectivity index (χ1n) is 5.66. The third-order valence-corrected chi connectivity index (χ3v) is 2.44. The van der Waals surface area contributed by atoms with Crippen LogP contribution in [0.4, 0.5) is 5.69 Å². The number of nitro benzene ring substituents is 1. The molecule has 0 aliphatic carbocycles. The molecular weight excluding hydrogens is 250 g/mol. The summed E-state index contributed by atoms with van der Waals surface area (Å²) in [6, 6.07) is 5.42. The predicted octanol–water partition coefficient (Wildman–Crippen LogP) is 0.908. The van der Waals surface area contributed by atoms with Gasteiger partial charge in [-0.25, -0.2) is 0 Å². The van der Waals surface area contributed by atoms with E-state index in [9.17, 15) is 19.7 Å². The third kappa shape index (κ3) is 4.74. The highest BCUT2D eigenvalue weighted by atomic mass is 16.6. The first kappa shape index (κ1) is 14.6. The highest BCUT2D eigenvalue weighted by molar-refractivity contribution is 5.74. The minimum absolute atomic E-state index is 0.0233. The van der Waals surface area contributed by atoms with Crippen LogP contribution in [0.15, 0.2) is 24.3 Å². The number of nitro groups is 1. The Hall–Kier alpha value is -2.44. The summed E-state index contributed by atoms with van der Waals surface area (Å²) in [5.74, 6) is -0.453. The van der Waals surface area contributed by atoms with E-state index in [1.54, 1.807) is 12.1 Å². The summed E-state index contributed by atoms with van der Waals surface area (Å²) in [5, 5.41) is 15.8. The zero-order valence-electron chi connectivity index (χ0n) is 10.7. The minimum atomic E-state index is -0.495. The summed E-state index contributed by atoms with van der Waals surface area (Å²) in [6.45, 7) is 2.97. The van der Waals surface area contributed by atoms with Gasteiger partial charge in [0.15, 0.2) is 0 Å². The second-order valence-electron chi connectivity index (χ2n) is 4.04. The molecule has 1 unspecified atom stereocenters. The van der Waals surface area contributed by atoms with Crippen LogP contribution >= 0.6 is 0 Å². The molecule has 1 aromatic rings. The molecule has 19 heavy (non-hydrogen) atoms. The van der Waals surface area contributed by atoms with Crippen LogP contribution in [-0.4, -0.2) is 23.3 Å². The molecule has 0 saturated heterocycles. The van der Waals surface area contributed by atoms with Gasteiger partial charge in [0, 0.05) is 32.5 Å². The molecule has 7 nitrogen and oxygen atoms in total. The summed E-state index contributed by atoms with van der Waals surface area (Å²) >= 11 is 0. The maximum absolute atomic E-state index is 11.1. The van der Waals surface area contributed by atoms with Gasteiger partial charge in [-0.15, -0.1) is 0 Å². The Bertz CT molecular complexity index is 484. The molecular formula is C12H15N3O4. The zero-order chi connectivity index (χ0) is 14.4. The standard InChI is InChI=1S/C12H15N3O4/c1-8(16)13-7-12(14-9(2)17)10-3-5-11(6-4-10)15(18)19/h3-6,12H,7H2,1-2H3,(H,13,16)(H,14,17). The highest BCUT2D eigenvalue weighted by Gasteiger charge is 2.14. The summed E-state index contributed by atoms with van der Waals surface area (Å²) in [6.07, 6.45) is 0. The Kier molecular flexibility index (Phi) is 4.99. The second kappa shape index (κ2) is 6.48. The van der Waals surface area contributed by atoms with E-state index in [2.05, 4.69) is 10.6 Å². The van der Waals surface area contributed by atoms with Crippen molar-refractivity contribution in [1.82, 2.24) is 10.6 Å². The molecule has 0 radical (unpaired) electrons. The normalized spacial score (nSPS) is 11.5. The monoisotopic (exact) mass is 265 g/mol. The van der Waals surface area contributed by atoms with Crippen LogP contribution in [0.2, 0.25) is 0 Å². The smallest absolute Gasteiger partial charge is 0.269 e. The minimum Gasteiger partial charge on any atom is -0.354 e. The molecule has 1 aromatic carbocycles. The summed E-state index contributed by atoms with van der Waals surface area (Å²) < 4.78 is 0. The lowest BCUT2D eigenvalue weighted by Crippen LogP contribution is -2.36. The molecule has 1 atom stereocenters. The lowest BCUT2D eigenvalue weighted by atomic mass is 10.1. The molecule has 0 aliphatic heterocycles. The Balaban J connectivity index is 2.86. The Morgan fingerprint density at radius 3 is 2.21 bits per heavy atom. The molecule has 0 bridgehead atoms. The van der Waals surface area contributed by atoms with E-state index in [4.69, 9.17) is 0 Å². The quantitative estimate of drug-likeness (QED) is 0.610. The SMILES string of the molecule is CC(=O)NCC(NC(C)=O)c1ccc([N+](=O)[O-])cc1. The molecule has 0 fully saturated rings. The van der Waals surface area contributed by atoms with Crippen molar-refractivity contribution in [2.75, 3.05) is 6.54 Å². The van der Waals surface area contributed by atoms with Crippen LogP contribution in [0.1, 0.15) is 25.5 Å². The van der Waals surface area contributed by atoms with Crippen molar-refractivity contribution in [1.29, 1.82) is 0 Å². The average Bonchev–Trinajstić information content (AvgIpc) is 2.34. The van der Waals surface area contributed by atoms with Gasteiger partial charge >= 0.3 is 0 Å². The summed E-state index contributed by atoms with van der Waals surface area (Å²) in [5.41, 5.74) is 0.666. The molecule has 7 heteroatoms. The molecule has 0 spiro atoms. The number of amides is 2. The number of carbonyl (C=O) groups excluding carboxylic acids is 2. The molecule has 2 amide bonds. The molecule has 0 aliphatic rings. The second-order valence-corrected chi connectivity index (χ2v) is 4.04. The maximum Gasteiger partial charge on any atom is 0.269 e. The van der Waals surface area contributed by atoms with E-state index in [0.29, 0.717) is 5.56 Å². The van der Waals surface area contributed by atoms with Gasteiger partial charge in [0.2, 0.25) is 11.8 Å². The van der Waals surface area contributed by atoms with Gasteiger partial charge in [-0.1, -0.05) is 12.1 Å². The molecule has 102 valence electrons. The van der Waals surface area contributed by atoms with E-state index in [1.165, 1.54) is 26.0 Å². The summed E-state index contributed by atoms with van der Waals surface area (Å²) in [4.78, 5) is 32.1. The topological polar surface area (TPSA) is 101 Å². The van der Waals surface area contributed by atoms with Gasteiger partial charge in [-0.2, -0.15) is 0 Å². The number of benzene rings is 1. The van der Waals surface area contributed by atoms with Crippen LogP contribution in [0.25, 0.3) is 0 Å². The van der Waals surface area contributed by atoms with Crippen LogP contribution in [0, 0.1) is 10.1 Å². The van der Waals surface area contributed by atoms with Crippen LogP contribution < -0.4 is 10.6 Å². The molecule has 1 rings (SSSR count). The number of nitrogens with zero attached hydrogens (tertiary/aromatic N) is 1. The van der Waals surface area contributed by atoms with Crippen LogP contribution in [0.5, 0.6) is 0 Å². The van der Waals surface area contributed by atoms with Gasteiger partial charge in [-0.05, 0) is 5.56 Å². The Labute approximate surface area is 110 Å². The average molecular weight is 265 g/mol. The number of non-ortho nitro benzene ring substituents is 1. The number of rotatable bonds is 5. The Morgan fingerprint density at radius 1 is 1.21 bits per heavy atom. The number of nitrogens with one attached hydrogen (secondary N) is 2. The van der Waals surface area contributed by atoms with E-state index >= 15 is 0 Å². The maximum atomic E-state index is 11.1. The van der Waals surface area contributed by atoms with E-state index in [1.807, 2.05) is 0 Å². The van der Waals surface area contributed by atoms with Crippen LogP contribution in [-0.2, 0) is 9.59 Å².